The first-order valence-corrected chi connectivity index (χ1v) is 13.6. The fourth-order valence-electron chi connectivity index (χ4n) is 3.32. The maximum absolute atomic E-state index is 11.1. The van der Waals surface area contributed by atoms with Gasteiger partial charge in [-0.15, -0.1) is 0 Å². The number of ketones is 1. The number of nitrogens with two attached hydrogens (primary N) is 2. The van der Waals surface area contributed by atoms with E-state index in [0.717, 1.165) is 25.9 Å². The second kappa shape index (κ2) is 13.7. The Morgan fingerprint density at radius 3 is 1.72 bits per heavy atom. The van der Waals surface area contributed by atoms with E-state index in [1.165, 1.54) is 0 Å². The fraction of sp³-hybridized carbons (Fsp3) is 0.944. The Morgan fingerprint density at radius 1 is 0.966 bits per heavy atom. The summed E-state index contributed by atoms with van der Waals surface area (Å²) in [6.45, 7) is 10.8. The molecule has 5 N–H and O–H groups in total. The van der Waals surface area contributed by atoms with Gasteiger partial charge in [-0.3, -0.25) is 9.69 Å². The molecular weight excluding hydrogens is 416 g/mol. The van der Waals surface area contributed by atoms with Crippen LogP contribution in [0.2, 0.25) is 0 Å². The number of Topliss-reactive ketones (excluding diaryl/α,β-unsaturated/α-hetero) is 1. The molecule has 0 bridgehead atoms. The highest BCUT2D eigenvalue weighted by atomic mass is 32.2. The molecule has 0 aromatic rings. The zero-order valence-electron chi connectivity index (χ0n) is 18.3. The largest absolute Gasteiger partial charge is 0.315 e. The summed E-state index contributed by atoms with van der Waals surface area (Å²) in [5.41, 5.74) is 0. The van der Waals surface area contributed by atoms with Crippen molar-refractivity contribution in [2.45, 2.75) is 82.8 Å². The van der Waals surface area contributed by atoms with E-state index in [4.69, 9.17) is 10.3 Å². The lowest BCUT2D eigenvalue weighted by Crippen LogP contribution is -2.36. The van der Waals surface area contributed by atoms with Crippen molar-refractivity contribution in [1.82, 2.24) is 10.2 Å². The summed E-state index contributed by atoms with van der Waals surface area (Å²) in [7, 11) is -6.59. The molecule has 2 unspecified atom stereocenters. The highest BCUT2D eigenvalue weighted by molar-refractivity contribution is 7.90. The van der Waals surface area contributed by atoms with Crippen LogP contribution in [0.15, 0.2) is 0 Å². The first-order chi connectivity index (χ1) is 13.4. The van der Waals surface area contributed by atoms with E-state index in [1.54, 1.807) is 0 Å². The van der Waals surface area contributed by atoms with E-state index in [0.29, 0.717) is 50.6 Å². The number of carbonyl (C=O) groups excluding carboxylic acids is 1. The van der Waals surface area contributed by atoms with Crippen LogP contribution in [0.4, 0.5) is 0 Å². The Kier molecular flexibility index (Phi) is 13.4. The zero-order valence-corrected chi connectivity index (χ0v) is 19.9. The quantitative estimate of drug-likeness (QED) is 0.505. The van der Waals surface area contributed by atoms with Crippen molar-refractivity contribution < 1.29 is 21.6 Å². The zero-order chi connectivity index (χ0) is 22.7. The molecular formula is C18H40N4O5S2. The lowest BCUT2D eigenvalue weighted by molar-refractivity contribution is -0.118. The van der Waals surface area contributed by atoms with Crippen LogP contribution in [0.25, 0.3) is 0 Å². The van der Waals surface area contributed by atoms with Crippen LogP contribution in [0.5, 0.6) is 0 Å². The second-order valence-corrected chi connectivity index (χ2v) is 11.1. The molecule has 2 rings (SSSR count). The predicted molar refractivity (Wildman–Crippen MR) is 117 cm³/mol. The minimum absolute atomic E-state index is 0.343. The average Bonchev–Trinajstić information content (AvgIpc) is 3.34. The molecule has 0 aromatic carbocycles. The van der Waals surface area contributed by atoms with Gasteiger partial charge in [-0.05, 0) is 38.8 Å². The molecule has 9 nitrogen and oxygen atoms in total. The number of hydrogen-bond acceptors (Lipinski definition) is 7. The van der Waals surface area contributed by atoms with Crippen LogP contribution in [0.1, 0.15) is 66.2 Å². The summed E-state index contributed by atoms with van der Waals surface area (Å²) in [6.07, 6.45) is 4.88. The molecule has 2 aliphatic heterocycles. The molecule has 0 aliphatic carbocycles. The van der Waals surface area contributed by atoms with Crippen molar-refractivity contribution in [1.29, 1.82) is 0 Å². The van der Waals surface area contributed by atoms with Gasteiger partial charge in [0.15, 0.2) is 0 Å². The summed E-state index contributed by atoms with van der Waals surface area (Å²) >= 11 is 0. The van der Waals surface area contributed by atoms with Crippen LogP contribution in [0, 0.1) is 0 Å². The number of likely N-dealkylation sites (tertiary alicyclic amines) is 1. The number of nitrogens with zero attached hydrogens (tertiary/aromatic N) is 1. The van der Waals surface area contributed by atoms with Crippen molar-refractivity contribution in [3.8, 4) is 0 Å². The smallest absolute Gasteiger partial charge is 0.213 e. The third kappa shape index (κ3) is 11.4. The van der Waals surface area contributed by atoms with E-state index in [2.05, 4.69) is 24.1 Å². The Bertz CT molecular complexity index is 666. The number of carbonyl (C=O) groups is 1. The maximum atomic E-state index is 11.1. The number of rotatable bonds is 7. The van der Waals surface area contributed by atoms with Crippen molar-refractivity contribution in [2.24, 2.45) is 10.3 Å². The van der Waals surface area contributed by atoms with Crippen LogP contribution >= 0.6 is 0 Å². The summed E-state index contributed by atoms with van der Waals surface area (Å²) < 4.78 is 43.4. The Hall–Kier alpha value is -0.590. The third-order valence-electron chi connectivity index (χ3n) is 5.37. The van der Waals surface area contributed by atoms with Gasteiger partial charge in [0.1, 0.15) is 5.78 Å². The van der Waals surface area contributed by atoms with Gasteiger partial charge in [0, 0.05) is 32.0 Å². The van der Waals surface area contributed by atoms with E-state index >= 15 is 0 Å². The normalized spacial score (nSPS) is 22.6. The first kappa shape index (κ1) is 28.4. The molecule has 11 heteroatoms. The van der Waals surface area contributed by atoms with Crippen molar-refractivity contribution in [3.05, 3.63) is 0 Å². The molecule has 0 saturated carbocycles. The molecule has 2 heterocycles. The summed E-state index contributed by atoms with van der Waals surface area (Å²) in [5, 5.41) is 12.2. The highest BCUT2D eigenvalue weighted by Gasteiger charge is 2.32. The molecule has 174 valence electrons. The highest BCUT2D eigenvalue weighted by Crippen LogP contribution is 2.20. The van der Waals surface area contributed by atoms with Crippen LogP contribution in [-0.4, -0.2) is 70.2 Å². The molecule has 0 radical (unpaired) electrons. The lowest BCUT2D eigenvalue weighted by Gasteiger charge is -2.25. The predicted octanol–water partition coefficient (Wildman–Crippen LogP) is 0.550. The summed E-state index contributed by atoms with van der Waals surface area (Å²) in [5.74, 6) is 0.343. The Balaban J connectivity index is 0.000000448. The van der Waals surface area contributed by atoms with Gasteiger partial charge in [0.05, 0.1) is 10.5 Å². The SMILES string of the molecule is CCC(=O)CC.CCC(CC)N1CCC(S(N)(=O)=O)C1.NS(=O)(=O)C1CCNC1. The molecule has 2 atom stereocenters. The van der Waals surface area contributed by atoms with Gasteiger partial charge in [-0.1, -0.05) is 27.7 Å². The molecule has 2 fully saturated rings. The fourth-order valence-corrected chi connectivity index (χ4v) is 4.95. The maximum Gasteiger partial charge on any atom is 0.213 e. The standard InChI is InChI=1S/C9H20N2O2S.C5H10O.C4H10N2O2S/c1-3-8(4-2)11-6-5-9(7-11)14(10,12)13;1-3-5(6)4-2;5-9(7,8)4-1-2-6-3-4/h8-9H,3-7H2,1-2H3,(H2,10,12,13);3-4H2,1-2H3;4,6H,1-3H2,(H2,5,7,8). The average molecular weight is 457 g/mol. The lowest BCUT2D eigenvalue weighted by atomic mass is 10.1. The summed E-state index contributed by atoms with van der Waals surface area (Å²) in [4.78, 5) is 12.4. The van der Waals surface area contributed by atoms with Gasteiger partial charge in [-0.2, -0.15) is 0 Å². The van der Waals surface area contributed by atoms with Gasteiger partial charge in [0.2, 0.25) is 20.0 Å². The van der Waals surface area contributed by atoms with Crippen LogP contribution in [0.3, 0.4) is 0 Å². The molecule has 0 aromatic heterocycles. The van der Waals surface area contributed by atoms with Gasteiger partial charge >= 0.3 is 0 Å². The third-order valence-corrected chi connectivity index (χ3v) is 8.01. The first-order valence-electron chi connectivity index (χ1n) is 10.4. The number of hydrogen-bond donors (Lipinski definition) is 3. The number of nitrogens with one attached hydrogen (secondary N) is 1. The van der Waals surface area contributed by atoms with Gasteiger partial charge < -0.3 is 5.32 Å². The second-order valence-electron chi connectivity index (χ2n) is 7.41. The number of sulfonamides is 2. The topological polar surface area (TPSA) is 153 Å². The van der Waals surface area contributed by atoms with Crippen LogP contribution in [-0.2, 0) is 24.8 Å². The van der Waals surface area contributed by atoms with Crippen LogP contribution < -0.4 is 15.6 Å². The van der Waals surface area contributed by atoms with Gasteiger partial charge in [0.25, 0.3) is 0 Å². The monoisotopic (exact) mass is 456 g/mol. The van der Waals surface area contributed by atoms with E-state index < -0.39 is 20.0 Å². The number of primary sulfonamides is 2. The van der Waals surface area contributed by atoms with E-state index in [9.17, 15) is 21.6 Å². The minimum Gasteiger partial charge on any atom is -0.315 e. The summed E-state index contributed by atoms with van der Waals surface area (Å²) in [6, 6.07) is 0.516. The molecule has 2 aliphatic rings. The van der Waals surface area contributed by atoms with Crippen molar-refractivity contribution in [3.63, 3.8) is 0 Å². The Labute approximate surface area is 177 Å². The van der Waals surface area contributed by atoms with E-state index in [1.807, 2.05) is 13.8 Å². The Morgan fingerprint density at radius 2 is 1.48 bits per heavy atom. The van der Waals surface area contributed by atoms with Crippen molar-refractivity contribution >= 4 is 25.8 Å². The minimum atomic E-state index is -3.33. The molecule has 2 saturated heterocycles. The van der Waals surface area contributed by atoms with Crippen molar-refractivity contribution in [2.75, 3.05) is 26.2 Å². The molecule has 0 spiro atoms. The molecule has 29 heavy (non-hydrogen) atoms. The van der Waals surface area contributed by atoms with E-state index in [-0.39, 0.29) is 10.5 Å². The molecule has 0 amide bonds. The van der Waals surface area contributed by atoms with Gasteiger partial charge in [-0.25, -0.2) is 27.1 Å².